The zero-order chi connectivity index (χ0) is 11.0. The number of rotatable bonds is 3. The van der Waals surface area contributed by atoms with Gasteiger partial charge in [-0.25, -0.2) is 0 Å². The van der Waals surface area contributed by atoms with Crippen molar-refractivity contribution in [3.05, 3.63) is 24.2 Å². The van der Waals surface area contributed by atoms with Gasteiger partial charge in [0.2, 0.25) is 0 Å². The van der Waals surface area contributed by atoms with E-state index in [1.54, 1.807) is 6.26 Å². The van der Waals surface area contributed by atoms with Crippen LogP contribution >= 0.6 is 0 Å². The maximum absolute atomic E-state index is 5.91. The van der Waals surface area contributed by atoms with Crippen LogP contribution in [0.5, 0.6) is 0 Å². The van der Waals surface area contributed by atoms with E-state index >= 15 is 0 Å². The van der Waals surface area contributed by atoms with Crippen LogP contribution in [0, 0.1) is 5.92 Å². The highest BCUT2D eigenvalue weighted by atomic mass is 16.3. The van der Waals surface area contributed by atoms with Crippen molar-refractivity contribution >= 4 is 0 Å². The van der Waals surface area contributed by atoms with Gasteiger partial charge in [-0.05, 0) is 56.8 Å². The van der Waals surface area contributed by atoms with Gasteiger partial charge >= 0.3 is 0 Å². The number of nitrogens with two attached hydrogens (primary N) is 1. The maximum atomic E-state index is 5.91. The minimum absolute atomic E-state index is 0.432. The molecule has 0 amide bonds. The quantitative estimate of drug-likeness (QED) is 0.848. The van der Waals surface area contributed by atoms with Crippen LogP contribution in [0.3, 0.4) is 0 Å². The summed E-state index contributed by atoms with van der Waals surface area (Å²) in [5.74, 6) is 1.68. The van der Waals surface area contributed by atoms with Crippen LogP contribution in [-0.2, 0) is 0 Å². The smallest absolute Gasteiger partial charge is 0.121 e. The predicted octanol–water partition coefficient (Wildman–Crippen LogP) is 2.15. The molecule has 2 N–H and O–H groups in total. The number of likely N-dealkylation sites (tertiary alicyclic amines) is 1. The van der Waals surface area contributed by atoms with Gasteiger partial charge in [-0.15, -0.1) is 0 Å². The Balaban J connectivity index is 1.86. The normalized spacial score (nSPS) is 31.8. The van der Waals surface area contributed by atoms with Gasteiger partial charge in [-0.2, -0.15) is 0 Å². The van der Waals surface area contributed by atoms with E-state index in [1.165, 1.54) is 32.2 Å². The SMILES string of the molecule is NCC1CCCN(C2CC2)C1c1ccco1. The highest BCUT2D eigenvalue weighted by Crippen LogP contribution is 2.42. The second-order valence-electron chi connectivity index (χ2n) is 5.07. The first kappa shape index (κ1) is 10.4. The van der Waals surface area contributed by atoms with Crippen LogP contribution in [0.4, 0.5) is 0 Å². The van der Waals surface area contributed by atoms with Gasteiger partial charge in [0.25, 0.3) is 0 Å². The zero-order valence-corrected chi connectivity index (χ0v) is 9.64. The van der Waals surface area contributed by atoms with Crippen molar-refractivity contribution in [2.75, 3.05) is 13.1 Å². The molecule has 0 aromatic carbocycles. The average Bonchev–Trinajstić information content (AvgIpc) is 3.04. The van der Waals surface area contributed by atoms with Gasteiger partial charge < -0.3 is 10.2 Å². The summed E-state index contributed by atoms with van der Waals surface area (Å²) < 4.78 is 5.62. The molecule has 0 bridgehead atoms. The lowest BCUT2D eigenvalue weighted by atomic mass is 9.87. The van der Waals surface area contributed by atoms with E-state index in [-0.39, 0.29) is 0 Å². The van der Waals surface area contributed by atoms with E-state index in [4.69, 9.17) is 10.2 Å². The van der Waals surface area contributed by atoms with E-state index < -0.39 is 0 Å². The largest absolute Gasteiger partial charge is 0.468 e. The summed E-state index contributed by atoms with van der Waals surface area (Å²) in [5.41, 5.74) is 5.91. The van der Waals surface area contributed by atoms with E-state index in [2.05, 4.69) is 11.0 Å². The number of hydrogen-bond donors (Lipinski definition) is 1. The van der Waals surface area contributed by atoms with Crippen molar-refractivity contribution in [3.63, 3.8) is 0 Å². The minimum Gasteiger partial charge on any atom is -0.468 e. The highest BCUT2D eigenvalue weighted by Gasteiger charge is 2.41. The highest BCUT2D eigenvalue weighted by molar-refractivity contribution is 5.10. The molecule has 16 heavy (non-hydrogen) atoms. The Morgan fingerprint density at radius 2 is 2.25 bits per heavy atom. The summed E-state index contributed by atoms with van der Waals surface area (Å²) in [5, 5.41) is 0. The molecule has 88 valence electrons. The molecule has 1 aliphatic carbocycles. The second-order valence-corrected chi connectivity index (χ2v) is 5.07. The fourth-order valence-corrected chi connectivity index (χ4v) is 3.02. The van der Waals surface area contributed by atoms with Crippen molar-refractivity contribution in [2.45, 2.75) is 37.8 Å². The van der Waals surface area contributed by atoms with Crippen molar-refractivity contribution in [3.8, 4) is 0 Å². The average molecular weight is 220 g/mol. The third kappa shape index (κ3) is 1.78. The standard InChI is InChI=1S/C13H20N2O/c14-9-10-3-1-7-15(11-5-6-11)13(10)12-4-2-8-16-12/h2,4,8,10-11,13H,1,3,5-7,9,14H2. The van der Waals surface area contributed by atoms with Crippen LogP contribution in [0.1, 0.15) is 37.5 Å². The molecule has 2 atom stereocenters. The lowest BCUT2D eigenvalue weighted by molar-refractivity contribution is 0.0721. The fourth-order valence-electron chi connectivity index (χ4n) is 3.02. The summed E-state index contributed by atoms with van der Waals surface area (Å²) in [4.78, 5) is 2.62. The fraction of sp³-hybridized carbons (Fsp3) is 0.692. The molecule has 2 unspecified atom stereocenters. The lowest BCUT2D eigenvalue weighted by Crippen LogP contribution is -2.42. The molecule has 1 saturated carbocycles. The van der Waals surface area contributed by atoms with Crippen LogP contribution in [0.15, 0.2) is 22.8 Å². The monoisotopic (exact) mass is 220 g/mol. The molecule has 2 fully saturated rings. The lowest BCUT2D eigenvalue weighted by Gasteiger charge is -2.40. The van der Waals surface area contributed by atoms with Gasteiger partial charge in [0, 0.05) is 6.04 Å². The molecular weight excluding hydrogens is 200 g/mol. The summed E-state index contributed by atoms with van der Waals surface area (Å²) in [7, 11) is 0. The number of furan rings is 1. The van der Waals surface area contributed by atoms with E-state index in [9.17, 15) is 0 Å². The number of nitrogens with zero attached hydrogens (tertiary/aromatic N) is 1. The van der Waals surface area contributed by atoms with Crippen molar-refractivity contribution < 1.29 is 4.42 Å². The topological polar surface area (TPSA) is 42.4 Å². The third-order valence-corrected chi connectivity index (χ3v) is 3.95. The predicted molar refractivity (Wildman–Crippen MR) is 63.0 cm³/mol. The minimum atomic E-state index is 0.432. The Morgan fingerprint density at radius 1 is 1.38 bits per heavy atom. The Bertz CT molecular complexity index is 332. The molecule has 2 heterocycles. The molecule has 1 aliphatic heterocycles. The third-order valence-electron chi connectivity index (χ3n) is 3.95. The van der Waals surface area contributed by atoms with Crippen molar-refractivity contribution in [1.29, 1.82) is 0 Å². The van der Waals surface area contributed by atoms with Crippen LogP contribution in [-0.4, -0.2) is 24.0 Å². The molecule has 1 aromatic rings. The van der Waals surface area contributed by atoms with Crippen LogP contribution in [0.25, 0.3) is 0 Å². The molecule has 1 saturated heterocycles. The first-order valence-electron chi connectivity index (χ1n) is 6.39. The molecule has 3 nitrogen and oxygen atoms in total. The summed E-state index contributed by atoms with van der Waals surface area (Å²) in [6.07, 6.45) is 7.02. The van der Waals surface area contributed by atoms with E-state index in [0.29, 0.717) is 12.0 Å². The maximum Gasteiger partial charge on any atom is 0.121 e. The molecule has 3 heteroatoms. The Kier molecular flexibility index (Phi) is 2.74. The Morgan fingerprint density at radius 3 is 2.88 bits per heavy atom. The number of hydrogen-bond acceptors (Lipinski definition) is 3. The Labute approximate surface area is 96.6 Å². The number of piperidine rings is 1. The molecule has 0 radical (unpaired) electrons. The van der Waals surface area contributed by atoms with Gasteiger partial charge in [-0.3, -0.25) is 4.90 Å². The van der Waals surface area contributed by atoms with Crippen LogP contribution < -0.4 is 5.73 Å². The molecule has 3 rings (SSSR count). The second kappa shape index (κ2) is 4.22. The van der Waals surface area contributed by atoms with Gasteiger partial charge in [0.1, 0.15) is 5.76 Å². The molecule has 1 aromatic heterocycles. The van der Waals surface area contributed by atoms with Gasteiger partial charge in [0.15, 0.2) is 0 Å². The van der Waals surface area contributed by atoms with Gasteiger partial charge in [0.05, 0.1) is 12.3 Å². The summed E-state index contributed by atoms with van der Waals surface area (Å²) in [6.45, 7) is 1.99. The van der Waals surface area contributed by atoms with E-state index in [0.717, 1.165) is 18.3 Å². The van der Waals surface area contributed by atoms with Crippen molar-refractivity contribution in [2.24, 2.45) is 11.7 Å². The zero-order valence-electron chi connectivity index (χ0n) is 9.64. The molecular formula is C13H20N2O. The first-order chi connectivity index (χ1) is 7.90. The van der Waals surface area contributed by atoms with Gasteiger partial charge in [-0.1, -0.05) is 0 Å². The van der Waals surface area contributed by atoms with Crippen LogP contribution in [0.2, 0.25) is 0 Å². The summed E-state index contributed by atoms with van der Waals surface area (Å²) in [6, 6.07) is 5.32. The Hall–Kier alpha value is -0.800. The first-order valence-corrected chi connectivity index (χ1v) is 6.39. The summed E-state index contributed by atoms with van der Waals surface area (Å²) >= 11 is 0. The van der Waals surface area contributed by atoms with Crippen molar-refractivity contribution in [1.82, 2.24) is 4.90 Å². The molecule has 2 aliphatic rings. The molecule has 0 spiro atoms. The van der Waals surface area contributed by atoms with E-state index in [1.807, 2.05) is 6.07 Å².